The van der Waals surface area contributed by atoms with Crippen molar-refractivity contribution < 1.29 is 18.3 Å². The smallest absolute Gasteiger partial charge is 0.287 e. The molecule has 33 heavy (non-hydrogen) atoms. The lowest BCUT2D eigenvalue weighted by molar-refractivity contribution is 0.0743. The molecule has 1 fully saturated rings. The van der Waals surface area contributed by atoms with Gasteiger partial charge in [-0.15, -0.1) is 6.58 Å². The molecular formula is C25H27FN4O3. The van der Waals surface area contributed by atoms with Crippen molar-refractivity contribution in [3.8, 4) is 11.3 Å². The molecule has 1 saturated heterocycles. The molecule has 0 radical (unpaired) electrons. The number of aromatic nitrogens is 3. The molecule has 172 valence electrons. The third-order valence-electron chi connectivity index (χ3n) is 6.34. The van der Waals surface area contributed by atoms with Crippen LogP contribution < -0.4 is 5.32 Å². The maximum Gasteiger partial charge on any atom is 0.287 e. The lowest BCUT2D eigenvalue weighted by atomic mass is 9.93. The number of amides is 1. The summed E-state index contributed by atoms with van der Waals surface area (Å²) in [6.45, 7) is 6.32. The molecule has 2 atom stereocenters. The summed E-state index contributed by atoms with van der Waals surface area (Å²) in [7, 11) is 0. The summed E-state index contributed by atoms with van der Waals surface area (Å²) in [5.74, 6) is 0.738. The number of carbonyl (C=O) groups is 1. The van der Waals surface area contributed by atoms with Gasteiger partial charge in [0.25, 0.3) is 5.91 Å². The fraction of sp³-hybridized carbons (Fsp3) is 0.400. The Hall–Kier alpha value is -3.26. The van der Waals surface area contributed by atoms with E-state index in [9.17, 15) is 9.18 Å². The van der Waals surface area contributed by atoms with Gasteiger partial charge in [-0.1, -0.05) is 12.1 Å². The van der Waals surface area contributed by atoms with E-state index >= 15 is 0 Å². The molecule has 0 spiro atoms. The fourth-order valence-corrected chi connectivity index (χ4v) is 4.73. The average Bonchev–Trinajstić information content (AvgIpc) is 3.48. The number of nitrogens with one attached hydrogen (secondary N) is 1. The van der Waals surface area contributed by atoms with Gasteiger partial charge in [0.15, 0.2) is 5.76 Å². The Bertz CT molecular complexity index is 1190. The molecule has 1 aliphatic carbocycles. The minimum atomic E-state index is -1.40. The van der Waals surface area contributed by atoms with E-state index in [1.54, 1.807) is 12.3 Å². The third kappa shape index (κ3) is 4.23. The zero-order chi connectivity index (χ0) is 23.0. The van der Waals surface area contributed by atoms with Crippen molar-refractivity contribution in [1.29, 1.82) is 0 Å². The average molecular weight is 451 g/mol. The number of allylic oxidation sites excluding steroid dienone is 1. The van der Waals surface area contributed by atoms with Crippen LogP contribution >= 0.6 is 0 Å². The van der Waals surface area contributed by atoms with E-state index in [1.807, 2.05) is 36.0 Å². The molecular weight excluding hydrogens is 423 g/mol. The molecule has 8 heteroatoms. The number of furan rings is 1. The molecule has 3 aromatic heterocycles. The van der Waals surface area contributed by atoms with E-state index in [2.05, 4.69) is 16.9 Å². The van der Waals surface area contributed by atoms with Crippen LogP contribution in [0.2, 0.25) is 0 Å². The van der Waals surface area contributed by atoms with E-state index in [0.29, 0.717) is 13.0 Å². The van der Waals surface area contributed by atoms with E-state index < -0.39 is 5.67 Å². The Morgan fingerprint density at radius 2 is 2.30 bits per heavy atom. The maximum absolute atomic E-state index is 14.6. The highest BCUT2D eigenvalue weighted by Gasteiger charge is 2.39. The number of pyridine rings is 1. The Balaban J connectivity index is 1.30. The first kappa shape index (κ1) is 21.6. The summed E-state index contributed by atoms with van der Waals surface area (Å²) in [5.41, 5.74) is 3.19. The summed E-state index contributed by atoms with van der Waals surface area (Å²) < 4.78 is 28.0. The molecule has 3 aromatic rings. The van der Waals surface area contributed by atoms with Crippen molar-refractivity contribution in [2.75, 3.05) is 13.2 Å². The van der Waals surface area contributed by atoms with Gasteiger partial charge in [-0.2, -0.15) is 5.10 Å². The highest BCUT2D eigenvalue weighted by atomic mass is 19.1. The van der Waals surface area contributed by atoms with Crippen molar-refractivity contribution in [3.63, 3.8) is 0 Å². The van der Waals surface area contributed by atoms with Crippen molar-refractivity contribution in [3.05, 3.63) is 71.6 Å². The molecule has 1 aliphatic heterocycles. The van der Waals surface area contributed by atoms with Crippen LogP contribution in [0.4, 0.5) is 4.39 Å². The lowest BCUT2D eigenvalue weighted by Crippen LogP contribution is -2.32. The predicted octanol–water partition coefficient (Wildman–Crippen LogP) is 3.80. The van der Waals surface area contributed by atoms with Gasteiger partial charge in [0, 0.05) is 49.3 Å². The van der Waals surface area contributed by atoms with Crippen molar-refractivity contribution in [2.45, 2.75) is 50.9 Å². The van der Waals surface area contributed by atoms with Crippen LogP contribution in [0.15, 0.2) is 47.7 Å². The van der Waals surface area contributed by atoms with Crippen LogP contribution in [-0.2, 0) is 24.1 Å². The quantitative estimate of drug-likeness (QED) is 0.554. The number of alkyl halides is 1. The standard InChI is InChI=1S/C25H27FN4O3/c1-3-9-25(26)11-19(32-15-25)12-28-24(31)23-16(2)21-20(33-23)8-7-17-13-30(29-22(17)21)14-18-6-4-5-10-27-18/h3-6,10,13,19H,1,7-9,11-12,14-15H2,2H3,(H,28,31). The molecule has 7 nitrogen and oxygen atoms in total. The number of nitrogens with zero attached hydrogens (tertiary/aromatic N) is 3. The summed E-state index contributed by atoms with van der Waals surface area (Å²) >= 11 is 0. The number of halogens is 1. The second kappa shape index (κ2) is 8.59. The van der Waals surface area contributed by atoms with Crippen LogP contribution in [0.1, 0.15) is 46.0 Å². The van der Waals surface area contributed by atoms with Gasteiger partial charge < -0.3 is 14.5 Å². The number of carbonyl (C=O) groups excluding carboxylic acids is 1. The van der Waals surface area contributed by atoms with Crippen LogP contribution in [0.3, 0.4) is 0 Å². The molecule has 5 rings (SSSR count). The molecule has 2 aliphatic rings. The van der Waals surface area contributed by atoms with E-state index in [0.717, 1.165) is 40.3 Å². The Morgan fingerprint density at radius 1 is 1.42 bits per heavy atom. The van der Waals surface area contributed by atoms with Crippen LogP contribution in [0.5, 0.6) is 0 Å². The summed E-state index contributed by atoms with van der Waals surface area (Å²) in [5, 5.41) is 7.63. The van der Waals surface area contributed by atoms with Gasteiger partial charge in [0.2, 0.25) is 0 Å². The van der Waals surface area contributed by atoms with Crippen molar-refractivity contribution in [1.82, 2.24) is 20.1 Å². The molecule has 0 saturated carbocycles. The normalized spacial score (nSPS) is 21.5. The number of aryl methyl sites for hydroxylation is 2. The topological polar surface area (TPSA) is 82.2 Å². The molecule has 2 unspecified atom stereocenters. The second-order valence-electron chi connectivity index (χ2n) is 8.87. The third-order valence-corrected chi connectivity index (χ3v) is 6.34. The van der Waals surface area contributed by atoms with Gasteiger partial charge in [0.1, 0.15) is 11.4 Å². The number of hydrogen-bond acceptors (Lipinski definition) is 5. The monoisotopic (exact) mass is 450 g/mol. The van der Waals surface area contributed by atoms with Crippen molar-refractivity contribution in [2.24, 2.45) is 0 Å². The van der Waals surface area contributed by atoms with Gasteiger partial charge in [-0.25, -0.2) is 4.39 Å². The second-order valence-corrected chi connectivity index (χ2v) is 8.87. The molecule has 0 bridgehead atoms. The van der Waals surface area contributed by atoms with E-state index in [4.69, 9.17) is 14.3 Å². The first-order valence-corrected chi connectivity index (χ1v) is 11.2. The van der Waals surface area contributed by atoms with E-state index in [1.165, 1.54) is 0 Å². The summed E-state index contributed by atoms with van der Waals surface area (Å²) in [4.78, 5) is 17.3. The van der Waals surface area contributed by atoms with Gasteiger partial charge in [-0.05, 0) is 31.0 Å². The zero-order valence-corrected chi connectivity index (χ0v) is 18.6. The Kier molecular flexibility index (Phi) is 5.62. The zero-order valence-electron chi connectivity index (χ0n) is 18.6. The molecule has 1 N–H and O–H groups in total. The fourth-order valence-electron chi connectivity index (χ4n) is 4.73. The van der Waals surface area contributed by atoms with Crippen LogP contribution in [-0.4, -0.2) is 45.6 Å². The number of hydrogen-bond donors (Lipinski definition) is 1. The first-order chi connectivity index (χ1) is 16.0. The lowest BCUT2D eigenvalue weighted by Gasteiger charge is -2.14. The maximum atomic E-state index is 14.6. The van der Waals surface area contributed by atoms with Crippen LogP contribution in [0.25, 0.3) is 11.3 Å². The highest BCUT2D eigenvalue weighted by Crippen LogP contribution is 2.38. The van der Waals surface area contributed by atoms with Gasteiger partial charge in [0.05, 0.1) is 30.6 Å². The number of ether oxygens (including phenoxy) is 1. The predicted molar refractivity (Wildman–Crippen MR) is 121 cm³/mol. The molecule has 1 amide bonds. The molecule has 4 heterocycles. The first-order valence-electron chi connectivity index (χ1n) is 11.2. The summed E-state index contributed by atoms with van der Waals surface area (Å²) in [6.07, 6.45) is 7.01. The number of rotatable bonds is 7. The van der Waals surface area contributed by atoms with Gasteiger partial charge >= 0.3 is 0 Å². The largest absolute Gasteiger partial charge is 0.455 e. The Labute approximate surface area is 191 Å². The highest BCUT2D eigenvalue weighted by molar-refractivity contribution is 5.95. The minimum Gasteiger partial charge on any atom is -0.455 e. The van der Waals surface area contributed by atoms with Gasteiger partial charge in [-0.3, -0.25) is 14.5 Å². The van der Waals surface area contributed by atoms with E-state index in [-0.39, 0.29) is 43.8 Å². The van der Waals surface area contributed by atoms with Crippen molar-refractivity contribution >= 4 is 5.91 Å². The molecule has 0 aromatic carbocycles. The number of fused-ring (bicyclic) bond motifs is 3. The Morgan fingerprint density at radius 3 is 3.09 bits per heavy atom. The SMILES string of the molecule is C=CCC1(F)COC(CNC(=O)c2oc3c(c2C)-c2nn(Cc4ccccn4)cc2CC3)C1. The minimum absolute atomic E-state index is 0.0254. The van der Waals surface area contributed by atoms with Crippen LogP contribution in [0, 0.1) is 6.92 Å². The summed E-state index contributed by atoms with van der Waals surface area (Å²) in [6, 6.07) is 5.81.